The third-order valence-electron chi connectivity index (χ3n) is 3.44. The molecule has 0 radical (unpaired) electrons. The van der Waals surface area contributed by atoms with Crippen molar-refractivity contribution < 1.29 is 0 Å². The van der Waals surface area contributed by atoms with Gasteiger partial charge in [-0.25, -0.2) is 4.98 Å². The van der Waals surface area contributed by atoms with Crippen molar-refractivity contribution in [2.45, 2.75) is 0 Å². The molecule has 0 saturated heterocycles. The van der Waals surface area contributed by atoms with Crippen LogP contribution in [0.2, 0.25) is 0 Å². The van der Waals surface area contributed by atoms with Gasteiger partial charge in [-0.15, -0.1) is 0 Å². The zero-order chi connectivity index (χ0) is 16.2. The van der Waals surface area contributed by atoms with Crippen molar-refractivity contribution in [3.8, 4) is 34.5 Å². The fraction of sp³-hybridized carbons (Fsp3) is 0. The van der Waals surface area contributed by atoms with Crippen molar-refractivity contribution in [2.24, 2.45) is 0 Å². The number of hydrogen-bond acceptors (Lipinski definition) is 5. The number of nitrogens with two attached hydrogens (primary N) is 1. The van der Waals surface area contributed by atoms with E-state index in [4.69, 9.17) is 11.0 Å². The van der Waals surface area contributed by atoms with Crippen LogP contribution in [-0.2, 0) is 0 Å². The number of rotatable bonds is 2. The monoisotopic (exact) mass is 297 g/mol. The highest BCUT2D eigenvalue weighted by Gasteiger charge is 2.13. The third kappa shape index (κ3) is 2.72. The van der Waals surface area contributed by atoms with E-state index in [0.29, 0.717) is 22.4 Å². The molecule has 0 amide bonds. The van der Waals surface area contributed by atoms with Gasteiger partial charge in [0.15, 0.2) is 0 Å². The fourth-order valence-corrected chi connectivity index (χ4v) is 2.30. The van der Waals surface area contributed by atoms with Gasteiger partial charge in [0.1, 0.15) is 17.5 Å². The Morgan fingerprint density at radius 1 is 0.957 bits per heavy atom. The number of nitrogens with zero attached hydrogens (tertiary/aromatic N) is 4. The summed E-state index contributed by atoms with van der Waals surface area (Å²) < 4.78 is 0. The van der Waals surface area contributed by atoms with Crippen molar-refractivity contribution in [3.63, 3.8) is 0 Å². The van der Waals surface area contributed by atoms with Crippen LogP contribution in [0.15, 0.2) is 54.9 Å². The number of anilines is 1. The molecule has 2 heterocycles. The Morgan fingerprint density at radius 3 is 2.35 bits per heavy atom. The largest absolute Gasteiger partial charge is 0.383 e. The summed E-state index contributed by atoms with van der Waals surface area (Å²) in [6.45, 7) is 0. The Morgan fingerprint density at radius 2 is 1.74 bits per heavy atom. The lowest BCUT2D eigenvalue weighted by molar-refractivity contribution is 1.27. The van der Waals surface area contributed by atoms with E-state index in [-0.39, 0.29) is 5.82 Å². The quantitative estimate of drug-likeness (QED) is 0.783. The molecular weight excluding hydrogens is 286 g/mol. The zero-order valence-electron chi connectivity index (χ0n) is 12.1. The molecule has 5 nitrogen and oxygen atoms in total. The summed E-state index contributed by atoms with van der Waals surface area (Å²) in [7, 11) is 0. The first-order valence-electron chi connectivity index (χ1n) is 6.84. The number of aromatic nitrogens is 2. The highest BCUT2D eigenvalue weighted by molar-refractivity contribution is 5.80. The van der Waals surface area contributed by atoms with E-state index in [1.807, 2.05) is 18.2 Å². The van der Waals surface area contributed by atoms with Gasteiger partial charge in [-0.3, -0.25) is 4.98 Å². The summed E-state index contributed by atoms with van der Waals surface area (Å²) in [4.78, 5) is 8.37. The summed E-state index contributed by atoms with van der Waals surface area (Å²) in [6, 6.07) is 16.7. The molecule has 0 fully saturated rings. The van der Waals surface area contributed by atoms with Gasteiger partial charge in [-0.05, 0) is 35.9 Å². The molecule has 0 atom stereocenters. The van der Waals surface area contributed by atoms with Gasteiger partial charge in [-0.2, -0.15) is 10.5 Å². The van der Waals surface area contributed by atoms with Crippen LogP contribution in [0.4, 0.5) is 5.82 Å². The summed E-state index contributed by atoms with van der Waals surface area (Å²) in [5.41, 5.74) is 9.79. The minimum Gasteiger partial charge on any atom is -0.383 e. The molecule has 2 N–H and O–H groups in total. The van der Waals surface area contributed by atoms with E-state index in [0.717, 1.165) is 11.1 Å². The Kier molecular flexibility index (Phi) is 3.70. The van der Waals surface area contributed by atoms with Gasteiger partial charge in [0.25, 0.3) is 0 Å². The predicted octanol–water partition coefficient (Wildman–Crippen LogP) is 3.14. The first kappa shape index (κ1) is 14.2. The number of nitriles is 2. The number of pyridine rings is 2. The van der Waals surface area contributed by atoms with Gasteiger partial charge in [0.05, 0.1) is 17.3 Å². The SMILES string of the molecule is N#Cc1ccc(-c2cc(-c3cccnc3)nc(N)c2C#N)cc1. The molecule has 108 valence electrons. The first-order valence-corrected chi connectivity index (χ1v) is 6.84. The van der Waals surface area contributed by atoms with Crippen LogP contribution < -0.4 is 5.73 Å². The Labute approximate surface area is 133 Å². The topological polar surface area (TPSA) is 99.4 Å². The molecule has 0 unspecified atom stereocenters. The lowest BCUT2D eigenvalue weighted by Crippen LogP contribution is -2.00. The molecule has 1 aromatic carbocycles. The van der Waals surface area contributed by atoms with Crippen LogP contribution in [0.25, 0.3) is 22.4 Å². The van der Waals surface area contributed by atoms with Crippen LogP contribution in [0, 0.1) is 22.7 Å². The van der Waals surface area contributed by atoms with E-state index < -0.39 is 0 Å². The predicted molar refractivity (Wildman–Crippen MR) is 86.7 cm³/mol. The van der Waals surface area contributed by atoms with E-state index in [1.165, 1.54) is 0 Å². The standard InChI is InChI=1S/C18H11N5/c19-9-12-3-5-13(6-4-12)15-8-17(14-2-1-7-22-11-14)23-18(21)16(15)10-20/h1-8,11H,(H2,21,23). The van der Waals surface area contributed by atoms with Gasteiger partial charge in [0, 0.05) is 23.5 Å². The fourth-order valence-electron chi connectivity index (χ4n) is 2.30. The summed E-state index contributed by atoms with van der Waals surface area (Å²) in [6.07, 6.45) is 3.37. The Hall–Kier alpha value is -3.70. The van der Waals surface area contributed by atoms with Crippen molar-refractivity contribution in [1.29, 1.82) is 10.5 Å². The molecule has 2 aromatic heterocycles. The van der Waals surface area contributed by atoms with Gasteiger partial charge in [-0.1, -0.05) is 12.1 Å². The highest BCUT2D eigenvalue weighted by Crippen LogP contribution is 2.30. The van der Waals surface area contributed by atoms with Crippen LogP contribution in [0.1, 0.15) is 11.1 Å². The van der Waals surface area contributed by atoms with E-state index >= 15 is 0 Å². The average Bonchev–Trinajstić information content (AvgIpc) is 2.62. The number of benzene rings is 1. The van der Waals surface area contributed by atoms with Crippen molar-refractivity contribution in [2.75, 3.05) is 5.73 Å². The minimum atomic E-state index is 0.174. The Bertz CT molecular complexity index is 932. The maximum atomic E-state index is 9.39. The molecule has 3 rings (SSSR count). The van der Waals surface area contributed by atoms with Crippen molar-refractivity contribution in [3.05, 3.63) is 66.0 Å². The van der Waals surface area contributed by atoms with Crippen LogP contribution in [0.5, 0.6) is 0 Å². The second kappa shape index (κ2) is 5.97. The van der Waals surface area contributed by atoms with Gasteiger partial charge >= 0.3 is 0 Å². The lowest BCUT2D eigenvalue weighted by Gasteiger charge is -2.10. The molecular formula is C18H11N5. The normalized spacial score (nSPS) is 9.83. The van der Waals surface area contributed by atoms with Crippen LogP contribution >= 0.6 is 0 Å². The molecule has 3 aromatic rings. The van der Waals surface area contributed by atoms with E-state index in [2.05, 4.69) is 22.1 Å². The molecule has 5 heteroatoms. The average molecular weight is 297 g/mol. The zero-order valence-corrected chi connectivity index (χ0v) is 12.1. The van der Waals surface area contributed by atoms with Crippen molar-refractivity contribution in [1.82, 2.24) is 9.97 Å². The third-order valence-corrected chi connectivity index (χ3v) is 3.44. The molecule has 0 aliphatic carbocycles. The van der Waals surface area contributed by atoms with Crippen molar-refractivity contribution >= 4 is 5.82 Å². The number of hydrogen-bond donors (Lipinski definition) is 1. The van der Waals surface area contributed by atoms with Gasteiger partial charge in [0.2, 0.25) is 0 Å². The summed E-state index contributed by atoms with van der Waals surface area (Å²) >= 11 is 0. The second-order valence-electron chi connectivity index (χ2n) is 4.86. The summed E-state index contributed by atoms with van der Waals surface area (Å²) in [5.74, 6) is 0.174. The van der Waals surface area contributed by atoms with Crippen LogP contribution in [-0.4, -0.2) is 9.97 Å². The van der Waals surface area contributed by atoms with E-state index in [9.17, 15) is 5.26 Å². The maximum Gasteiger partial charge on any atom is 0.142 e. The number of nitrogen functional groups attached to an aromatic ring is 1. The van der Waals surface area contributed by atoms with Gasteiger partial charge < -0.3 is 5.73 Å². The molecule has 0 saturated carbocycles. The van der Waals surface area contributed by atoms with E-state index in [1.54, 1.807) is 36.7 Å². The molecule has 23 heavy (non-hydrogen) atoms. The molecule has 0 aliphatic rings. The smallest absolute Gasteiger partial charge is 0.142 e. The minimum absolute atomic E-state index is 0.174. The molecule has 0 aliphatic heterocycles. The van der Waals surface area contributed by atoms with Crippen LogP contribution in [0.3, 0.4) is 0 Å². The lowest BCUT2D eigenvalue weighted by atomic mass is 9.98. The summed E-state index contributed by atoms with van der Waals surface area (Å²) in [5, 5.41) is 18.3. The first-order chi connectivity index (χ1) is 11.2. The molecule has 0 bridgehead atoms. The highest BCUT2D eigenvalue weighted by atomic mass is 14.8. The Balaban J connectivity index is 2.20. The molecule has 0 spiro atoms. The maximum absolute atomic E-state index is 9.39. The second-order valence-corrected chi connectivity index (χ2v) is 4.86.